The van der Waals surface area contributed by atoms with E-state index in [4.69, 9.17) is 4.42 Å². The average Bonchev–Trinajstić information content (AvgIpc) is 2.65. The van der Waals surface area contributed by atoms with Gasteiger partial charge in [0.15, 0.2) is 11.5 Å². The van der Waals surface area contributed by atoms with Gasteiger partial charge in [-0.25, -0.2) is 18.1 Å². The van der Waals surface area contributed by atoms with Crippen molar-refractivity contribution in [3.63, 3.8) is 0 Å². The fourth-order valence-electron chi connectivity index (χ4n) is 1.73. The molecule has 0 spiro atoms. The number of fused-ring (bicyclic) bond motifs is 1. The Morgan fingerprint density at radius 1 is 1.39 bits per heavy atom. The second kappa shape index (κ2) is 5.07. The zero-order valence-corrected chi connectivity index (χ0v) is 11.3. The Morgan fingerprint density at radius 2 is 2.17 bits per heavy atom. The standard InChI is InChI=1S/C12H16N2O3S/c1-3-6-18(15,16)13-8-10-4-5-12-11(7-10)14-9(2)17-12/h4-5,7,13H,3,6,8H2,1-2H3. The lowest BCUT2D eigenvalue weighted by Gasteiger charge is -2.05. The molecule has 0 bridgehead atoms. The van der Waals surface area contributed by atoms with Gasteiger partial charge in [-0.15, -0.1) is 0 Å². The lowest BCUT2D eigenvalue weighted by Crippen LogP contribution is -2.25. The summed E-state index contributed by atoms with van der Waals surface area (Å²) in [5.74, 6) is 0.756. The van der Waals surface area contributed by atoms with Crippen LogP contribution in [0, 0.1) is 6.92 Å². The Morgan fingerprint density at radius 3 is 2.89 bits per heavy atom. The van der Waals surface area contributed by atoms with Crippen molar-refractivity contribution in [1.82, 2.24) is 9.71 Å². The number of sulfonamides is 1. The molecule has 0 amide bonds. The van der Waals surface area contributed by atoms with Gasteiger partial charge in [-0.2, -0.15) is 0 Å². The van der Waals surface area contributed by atoms with Crippen LogP contribution in [-0.2, 0) is 16.6 Å². The number of nitrogens with zero attached hydrogens (tertiary/aromatic N) is 1. The van der Waals surface area contributed by atoms with Crippen molar-refractivity contribution in [3.8, 4) is 0 Å². The summed E-state index contributed by atoms with van der Waals surface area (Å²) < 4.78 is 31.0. The number of rotatable bonds is 5. The molecule has 2 aromatic rings. The Balaban J connectivity index is 2.12. The van der Waals surface area contributed by atoms with E-state index in [0.717, 1.165) is 11.1 Å². The topological polar surface area (TPSA) is 72.2 Å². The van der Waals surface area contributed by atoms with E-state index in [0.29, 0.717) is 17.9 Å². The molecule has 0 saturated heterocycles. The van der Waals surface area contributed by atoms with Crippen LogP contribution in [-0.4, -0.2) is 19.2 Å². The minimum absolute atomic E-state index is 0.151. The summed E-state index contributed by atoms with van der Waals surface area (Å²) in [6.45, 7) is 3.90. The Hall–Kier alpha value is -1.40. The zero-order chi connectivity index (χ0) is 13.2. The van der Waals surface area contributed by atoms with Gasteiger partial charge in [0.2, 0.25) is 10.0 Å². The fraction of sp³-hybridized carbons (Fsp3) is 0.417. The first-order valence-electron chi connectivity index (χ1n) is 5.83. The minimum atomic E-state index is -3.17. The molecule has 0 aliphatic rings. The normalized spacial score (nSPS) is 12.1. The Kier molecular flexibility index (Phi) is 3.68. The van der Waals surface area contributed by atoms with Gasteiger partial charge in [0.05, 0.1) is 5.75 Å². The summed E-state index contributed by atoms with van der Waals surface area (Å²) in [4.78, 5) is 4.21. The SMILES string of the molecule is CCCS(=O)(=O)NCc1ccc2oc(C)nc2c1. The molecule has 0 unspecified atom stereocenters. The summed E-state index contributed by atoms with van der Waals surface area (Å²) in [7, 11) is -3.17. The summed E-state index contributed by atoms with van der Waals surface area (Å²) in [5.41, 5.74) is 2.34. The van der Waals surface area contributed by atoms with Crippen LogP contribution in [0.5, 0.6) is 0 Å². The van der Waals surface area contributed by atoms with E-state index >= 15 is 0 Å². The number of aryl methyl sites for hydroxylation is 1. The molecule has 5 nitrogen and oxygen atoms in total. The smallest absolute Gasteiger partial charge is 0.211 e. The summed E-state index contributed by atoms with van der Waals surface area (Å²) in [5, 5.41) is 0. The fourth-order valence-corrected chi connectivity index (χ4v) is 2.80. The van der Waals surface area contributed by atoms with Gasteiger partial charge >= 0.3 is 0 Å². The predicted molar refractivity (Wildman–Crippen MR) is 69.7 cm³/mol. The third-order valence-electron chi connectivity index (χ3n) is 2.53. The largest absolute Gasteiger partial charge is 0.441 e. The number of benzene rings is 1. The number of aromatic nitrogens is 1. The molecule has 0 aliphatic carbocycles. The molecule has 1 N–H and O–H groups in total. The van der Waals surface area contributed by atoms with Gasteiger partial charge in [0, 0.05) is 13.5 Å². The van der Waals surface area contributed by atoms with Gasteiger partial charge in [0.1, 0.15) is 5.52 Å². The van der Waals surface area contributed by atoms with Crippen LogP contribution < -0.4 is 4.72 Å². The lowest BCUT2D eigenvalue weighted by molar-refractivity contribution is 0.561. The van der Waals surface area contributed by atoms with Gasteiger partial charge in [0.25, 0.3) is 0 Å². The molecule has 0 fully saturated rings. The lowest BCUT2D eigenvalue weighted by atomic mass is 10.2. The molecule has 1 aromatic heterocycles. The van der Waals surface area contributed by atoms with Gasteiger partial charge < -0.3 is 4.42 Å². The highest BCUT2D eigenvalue weighted by atomic mass is 32.2. The summed E-state index contributed by atoms with van der Waals surface area (Å²) in [6, 6.07) is 5.47. The van der Waals surface area contributed by atoms with E-state index < -0.39 is 10.0 Å². The molecule has 1 heterocycles. The first kappa shape index (κ1) is 13.0. The van der Waals surface area contributed by atoms with Gasteiger partial charge in [-0.3, -0.25) is 0 Å². The monoisotopic (exact) mass is 268 g/mol. The average molecular weight is 268 g/mol. The molecule has 0 radical (unpaired) electrons. The van der Waals surface area contributed by atoms with Crippen LogP contribution in [0.15, 0.2) is 22.6 Å². The third-order valence-corrected chi connectivity index (χ3v) is 4.06. The number of oxazole rings is 1. The number of hydrogen-bond acceptors (Lipinski definition) is 4. The second-order valence-corrected chi connectivity index (χ2v) is 6.10. The van der Waals surface area contributed by atoms with Crippen LogP contribution in [0.1, 0.15) is 24.8 Å². The van der Waals surface area contributed by atoms with E-state index in [2.05, 4.69) is 9.71 Å². The molecule has 0 aliphatic heterocycles. The maximum Gasteiger partial charge on any atom is 0.211 e. The molecule has 2 rings (SSSR count). The molecular formula is C12H16N2O3S. The van der Waals surface area contributed by atoms with Crippen LogP contribution in [0.3, 0.4) is 0 Å². The number of nitrogens with one attached hydrogen (secondary N) is 1. The first-order valence-corrected chi connectivity index (χ1v) is 7.49. The van der Waals surface area contributed by atoms with Crippen LogP contribution in [0.25, 0.3) is 11.1 Å². The maximum absolute atomic E-state index is 11.5. The van der Waals surface area contributed by atoms with Crippen molar-refractivity contribution in [2.24, 2.45) is 0 Å². The second-order valence-electron chi connectivity index (χ2n) is 4.17. The van der Waals surface area contributed by atoms with Crippen molar-refractivity contribution in [1.29, 1.82) is 0 Å². The highest BCUT2D eigenvalue weighted by molar-refractivity contribution is 7.89. The molecule has 18 heavy (non-hydrogen) atoms. The Labute approximate surface area is 106 Å². The molecular weight excluding hydrogens is 252 g/mol. The van der Waals surface area contributed by atoms with Crippen molar-refractivity contribution >= 4 is 21.1 Å². The zero-order valence-electron chi connectivity index (χ0n) is 10.4. The molecule has 1 aromatic carbocycles. The summed E-state index contributed by atoms with van der Waals surface area (Å²) >= 11 is 0. The van der Waals surface area contributed by atoms with E-state index in [-0.39, 0.29) is 12.3 Å². The molecule has 0 atom stereocenters. The van der Waals surface area contributed by atoms with Crippen molar-refractivity contribution < 1.29 is 12.8 Å². The van der Waals surface area contributed by atoms with E-state index in [9.17, 15) is 8.42 Å². The summed E-state index contributed by atoms with van der Waals surface area (Å²) in [6.07, 6.45) is 0.608. The Bertz CT molecular complexity index is 646. The van der Waals surface area contributed by atoms with Crippen LogP contribution in [0.2, 0.25) is 0 Å². The van der Waals surface area contributed by atoms with Crippen molar-refractivity contribution in [2.75, 3.05) is 5.75 Å². The van der Waals surface area contributed by atoms with Crippen molar-refractivity contribution in [3.05, 3.63) is 29.7 Å². The highest BCUT2D eigenvalue weighted by Gasteiger charge is 2.09. The molecule has 6 heteroatoms. The van der Waals surface area contributed by atoms with Crippen LogP contribution >= 0.6 is 0 Å². The van der Waals surface area contributed by atoms with Gasteiger partial charge in [-0.1, -0.05) is 13.0 Å². The predicted octanol–water partition coefficient (Wildman–Crippen LogP) is 1.97. The molecule has 0 saturated carbocycles. The first-order chi connectivity index (χ1) is 8.50. The maximum atomic E-state index is 11.5. The van der Waals surface area contributed by atoms with Gasteiger partial charge in [-0.05, 0) is 24.1 Å². The number of hydrogen-bond donors (Lipinski definition) is 1. The quantitative estimate of drug-likeness (QED) is 0.899. The van der Waals surface area contributed by atoms with Crippen LogP contribution in [0.4, 0.5) is 0 Å². The van der Waals surface area contributed by atoms with E-state index in [1.54, 1.807) is 13.0 Å². The van der Waals surface area contributed by atoms with E-state index in [1.807, 2.05) is 19.1 Å². The highest BCUT2D eigenvalue weighted by Crippen LogP contribution is 2.16. The van der Waals surface area contributed by atoms with Crippen molar-refractivity contribution in [2.45, 2.75) is 26.8 Å². The minimum Gasteiger partial charge on any atom is -0.441 e. The molecule has 98 valence electrons. The third kappa shape index (κ3) is 3.08. The van der Waals surface area contributed by atoms with E-state index in [1.165, 1.54) is 0 Å².